The molecule has 0 aromatic rings. The van der Waals surface area contributed by atoms with Gasteiger partial charge in [0.1, 0.15) is 17.6 Å². The summed E-state index contributed by atoms with van der Waals surface area (Å²) in [4.78, 5) is 54.6. The van der Waals surface area contributed by atoms with Crippen molar-refractivity contribution in [2.75, 3.05) is 6.54 Å². The maximum absolute atomic E-state index is 13.6. The number of amides is 4. The van der Waals surface area contributed by atoms with Crippen LogP contribution in [0.25, 0.3) is 0 Å². The Morgan fingerprint density at radius 3 is 2.50 bits per heavy atom. The van der Waals surface area contributed by atoms with Crippen molar-refractivity contribution < 1.29 is 27.6 Å². The van der Waals surface area contributed by atoms with Gasteiger partial charge in [0, 0.05) is 18.9 Å². The molecule has 2 saturated carbocycles. The lowest BCUT2D eigenvalue weighted by Gasteiger charge is -2.30. The normalized spacial score (nSPS) is 31.7. The number of sulfonamides is 1. The standard InChI is InChI=1S/C27H42N4O6S/c1-26(2,3)17-22(32)28-20-11-8-6-4-5-7-10-18-16-27(18,25(35)30-38(36,37)19-13-14-19)29-23(33)21-12-9-15-31(21)24(20)34/h7,10,18-21H,4-6,8-9,11-17H2,1-3H3,(H,28,32)(H,29,33)(H,30,35)/b10-7-/t18-,20+,21+,27-/m1/s1. The molecule has 3 fully saturated rings. The maximum atomic E-state index is 13.6. The molecule has 1 saturated heterocycles. The van der Waals surface area contributed by atoms with Crippen molar-refractivity contribution in [2.45, 2.75) is 114 Å². The van der Waals surface area contributed by atoms with Gasteiger partial charge in [0.05, 0.1) is 5.25 Å². The summed E-state index contributed by atoms with van der Waals surface area (Å²) in [5.41, 5.74) is -1.56. The molecule has 0 spiro atoms. The van der Waals surface area contributed by atoms with E-state index in [0.29, 0.717) is 45.1 Å². The van der Waals surface area contributed by atoms with Crippen LogP contribution < -0.4 is 15.4 Å². The van der Waals surface area contributed by atoms with E-state index in [0.717, 1.165) is 25.7 Å². The molecule has 212 valence electrons. The monoisotopic (exact) mass is 550 g/mol. The average molecular weight is 551 g/mol. The highest BCUT2D eigenvalue weighted by molar-refractivity contribution is 7.91. The molecule has 38 heavy (non-hydrogen) atoms. The van der Waals surface area contributed by atoms with E-state index in [1.165, 1.54) is 4.90 Å². The summed E-state index contributed by atoms with van der Waals surface area (Å²) in [6.45, 7) is 6.28. The second-order valence-electron chi connectivity index (χ2n) is 12.6. The highest BCUT2D eigenvalue weighted by atomic mass is 32.2. The molecular weight excluding hydrogens is 508 g/mol. The number of carbonyl (C=O) groups is 4. The zero-order valence-electron chi connectivity index (χ0n) is 22.8. The zero-order valence-corrected chi connectivity index (χ0v) is 23.6. The van der Waals surface area contributed by atoms with Crippen LogP contribution in [0.1, 0.15) is 91.4 Å². The van der Waals surface area contributed by atoms with Gasteiger partial charge in [-0.25, -0.2) is 8.42 Å². The maximum Gasteiger partial charge on any atom is 0.259 e. The number of nitrogens with one attached hydrogen (secondary N) is 3. The Bertz CT molecular complexity index is 1090. The number of allylic oxidation sites excluding steroid dienone is 1. The van der Waals surface area contributed by atoms with Gasteiger partial charge in [-0.1, -0.05) is 45.8 Å². The van der Waals surface area contributed by atoms with Gasteiger partial charge in [-0.05, 0) is 56.8 Å². The van der Waals surface area contributed by atoms with Crippen LogP contribution in [0.2, 0.25) is 0 Å². The number of rotatable bonds is 5. The zero-order chi connectivity index (χ0) is 27.7. The van der Waals surface area contributed by atoms with Crippen LogP contribution >= 0.6 is 0 Å². The van der Waals surface area contributed by atoms with Crippen molar-refractivity contribution in [2.24, 2.45) is 11.3 Å². The molecular formula is C27H42N4O6S. The minimum atomic E-state index is -3.77. The summed E-state index contributed by atoms with van der Waals surface area (Å²) in [6.07, 6.45) is 10.4. The summed E-state index contributed by atoms with van der Waals surface area (Å²) < 4.78 is 27.2. The van der Waals surface area contributed by atoms with E-state index in [4.69, 9.17) is 0 Å². The lowest BCUT2D eigenvalue weighted by atomic mass is 9.91. The summed E-state index contributed by atoms with van der Waals surface area (Å²) in [6, 6.07) is -1.49. The first-order chi connectivity index (χ1) is 17.8. The molecule has 4 atom stereocenters. The van der Waals surface area contributed by atoms with Crippen molar-refractivity contribution in [3.05, 3.63) is 12.2 Å². The van der Waals surface area contributed by atoms with Gasteiger partial charge in [-0.3, -0.25) is 23.9 Å². The van der Waals surface area contributed by atoms with Crippen LogP contribution in [0.5, 0.6) is 0 Å². The Labute approximate surface area is 225 Å². The highest BCUT2D eigenvalue weighted by Crippen LogP contribution is 2.46. The minimum Gasteiger partial charge on any atom is -0.344 e. The number of hydrogen-bond acceptors (Lipinski definition) is 6. The fourth-order valence-corrected chi connectivity index (χ4v) is 6.87. The first-order valence-corrected chi connectivity index (χ1v) is 15.5. The van der Waals surface area contributed by atoms with Gasteiger partial charge in [0.15, 0.2) is 0 Å². The van der Waals surface area contributed by atoms with Gasteiger partial charge >= 0.3 is 0 Å². The Balaban J connectivity index is 1.54. The summed E-state index contributed by atoms with van der Waals surface area (Å²) in [5, 5.41) is 5.22. The fourth-order valence-electron chi connectivity index (χ4n) is 5.50. The van der Waals surface area contributed by atoms with Crippen molar-refractivity contribution in [1.82, 2.24) is 20.3 Å². The van der Waals surface area contributed by atoms with Crippen LogP contribution in [0.3, 0.4) is 0 Å². The third-order valence-electron chi connectivity index (χ3n) is 7.86. The first-order valence-electron chi connectivity index (χ1n) is 14.0. The Morgan fingerprint density at radius 1 is 1.08 bits per heavy atom. The number of carbonyl (C=O) groups excluding carboxylic acids is 4. The van der Waals surface area contributed by atoms with Gasteiger partial charge in [0.25, 0.3) is 5.91 Å². The lowest BCUT2D eigenvalue weighted by molar-refractivity contribution is -0.142. The largest absolute Gasteiger partial charge is 0.344 e. The molecule has 10 nitrogen and oxygen atoms in total. The van der Waals surface area contributed by atoms with E-state index < -0.39 is 44.7 Å². The smallest absolute Gasteiger partial charge is 0.259 e. The quantitative estimate of drug-likeness (QED) is 0.447. The van der Waals surface area contributed by atoms with Crippen LogP contribution in [0.15, 0.2) is 12.2 Å². The Hall–Kier alpha value is -2.43. The molecule has 4 amide bonds. The van der Waals surface area contributed by atoms with E-state index in [-0.39, 0.29) is 29.6 Å². The SMILES string of the molecule is CC(C)(C)CC(=O)N[C@H]1CCCCC/C=C\[C@@H]2C[C@@]2(C(=O)NS(=O)(=O)C2CC2)NC(=O)[C@@H]2CCCN2C1=O. The predicted octanol–water partition coefficient (Wildman–Crippen LogP) is 1.90. The molecule has 0 radical (unpaired) electrons. The molecule has 2 heterocycles. The van der Waals surface area contributed by atoms with E-state index in [9.17, 15) is 27.6 Å². The number of nitrogens with zero attached hydrogens (tertiary/aromatic N) is 1. The van der Waals surface area contributed by atoms with Gasteiger partial charge in [0.2, 0.25) is 27.7 Å². The summed E-state index contributed by atoms with van der Waals surface area (Å²) in [5.74, 6) is -1.94. The van der Waals surface area contributed by atoms with E-state index in [1.54, 1.807) is 0 Å². The molecule has 0 aromatic carbocycles. The van der Waals surface area contributed by atoms with Gasteiger partial charge in [-0.2, -0.15) is 0 Å². The second kappa shape index (κ2) is 11.0. The van der Waals surface area contributed by atoms with Crippen LogP contribution in [0, 0.1) is 11.3 Å². The summed E-state index contributed by atoms with van der Waals surface area (Å²) in [7, 11) is -3.77. The van der Waals surface area contributed by atoms with Crippen LogP contribution in [-0.4, -0.2) is 66.4 Å². The van der Waals surface area contributed by atoms with Crippen molar-refractivity contribution >= 4 is 33.7 Å². The Kier molecular flexibility index (Phi) is 8.26. The third kappa shape index (κ3) is 6.76. The summed E-state index contributed by atoms with van der Waals surface area (Å²) >= 11 is 0. The highest BCUT2D eigenvalue weighted by Gasteiger charge is 2.61. The van der Waals surface area contributed by atoms with E-state index in [2.05, 4.69) is 15.4 Å². The molecule has 3 N–H and O–H groups in total. The van der Waals surface area contributed by atoms with Crippen molar-refractivity contribution in [3.63, 3.8) is 0 Å². The topological polar surface area (TPSA) is 142 Å². The van der Waals surface area contributed by atoms with E-state index >= 15 is 0 Å². The third-order valence-corrected chi connectivity index (χ3v) is 9.68. The molecule has 2 aliphatic carbocycles. The first kappa shape index (κ1) is 28.6. The molecule has 4 aliphatic rings. The molecule has 0 unspecified atom stereocenters. The van der Waals surface area contributed by atoms with Crippen molar-refractivity contribution in [1.29, 1.82) is 0 Å². The van der Waals surface area contributed by atoms with Crippen molar-refractivity contribution in [3.8, 4) is 0 Å². The number of hydrogen-bond donors (Lipinski definition) is 3. The van der Waals surface area contributed by atoms with Crippen LogP contribution in [0.4, 0.5) is 0 Å². The van der Waals surface area contributed by atoms with Gasteiger partial charge in [-0.15, -0.1) is 0 Å². The fraction of sp³-hybridized carbons (Fsp3) is 0.778. The molecule has 4 rings (SSSR count). The second-order valence-corrected chi connectivity index (χ2v) is 14.5. The number of fused-ring (bicyclic) bond motifs is 2. The van der Waals surface area contributed by atoms with E-state index in [1.807, 2.05) is 32.9 Å². The van der Waals surface area contributed by atoms with Crippen LogP contribution in [-0.2, 0) is 29.2 Å². The molecule has 11 heteroatoms. The molecule has 0 bridgehead atoms. The Morgan fingerprint density at radius 2 is 1.82 bits per heavy atom. The molecule has 2 aliphatic heterocycles. The average Bonchev–Trinajstić information content (AvgIpc) is 3.72. The van der Waals surface area contributed by atoms with Gasteiger partial charge < -0.3 is 15.5 Å². The minimum absolute atomic E-state index is 0.190. The lowest BCUT2D eigenvalue weighted by Crippen LogP contribution is -2.58. The molecule has 0 aromatic heterocycles. The predicted molar refractivity (Wildman–Crippen MR) is 142 cm³/mol.